The normalized spacial score (nSPS) is 19.4. The van der Waals surface area contributed by atoms with Gasteiger partial charge in [-0.15, -0.1) is 5.10 Å². The summed E-state index contributed by atoms with van der Waals surface area (Å²) in [5.41, 5.74) is -1.94. The zero-order valence-corrected chi connectivity index (χ0v) is 28.2. The van der Waals surface area contributed by atoms with E-state index in [1.54, 1.807) is 24.4 Å². The van der Waals surface area contributed by atoms with Crippen LogP contribution in [-0.2, 0) is 10.0 Å². The Balaban J connectivity index is 1.39. The Morgan fingerprint density at radius 3 is 2.31 bits per heavy atom. The van der Waals surface area contributed by atoms with Crippen molar-refractivity contribution in [2.75, 3.05) is 18.1 Å². The second-order valence-corrected chi connectivity index (χ2v) is 20.7. The monoisotopic (exact) mass is 663 g/mol. The Morgan fingerprint density at radius 2 is 1.76 bits per heavy atom. The van der Waals surface area contributed by atoms with E-state index < -0.39 is 35.6 Å². The Hall–Kier alpha value is -3.39. The molecule has 14 heteroatoms. The molecule has 2 fully saturated rings. The van der Waals surface area contributed by atoms with Crippen molar-refractivity contribution in [2.45, 2.75) is 82.7 Å². The minimum absolute atomic E-state index is 0.00832. The standard InChI is InChI=1S/C31H40F3N5O4SSi/c1-21-19-29(2,3)38(20-21)27-24(28(40)37-44(41,42)22-7-9-23(10-8-22)45(4,5)6)11-12-25(35-27)39-17-13-26(36-39)43-18-16-30(14-15-30)31(32,33)34/h7-13,17,21H,14-16,18-20H2,1-6H3,(H,37,40)/t21-/m0/s1. The molecule has 1 atom stereocenters. The second-order valence-electron chi connectivity index (χ2n) is 14.0. The fourth-order valence-corrected chi connectivity index (χ4v) is 8.10. The van der Waals surface area contributed by atoms with Crippen molar-refractivity contribution < 1.29 is 31.1 Å². The van der Waals surface area contributed by atoms with Crippen molar-refractivity contribution in [2.24, 2.45) is 11.3 Å². The molecule has 1 amide bonds. The van der Waals surface area contributed by atoms with Crippen LogP contribution < -0.4 is 19.5 Å². The summed E-state index contributed by atoms with van der Waals surface area (Å²) in [5.74, 6) is 0.287. The lowest BCUT2D eigenvalue weighted by Gasteiger charge is -2.34. The summed E-state index contributed by atoms with van der Waals surface area (Å²) in [7, 11) is -5.81. The molecule has 1 aliphatic carbocycles. The van der Waals surface area contributed by atoms with Crippen molar-refractivity contribution in [3.63, 3.8) is 0 Å². The van der Waals surface area contributed by atoms with Crippen molar-refractivity contribution in [3.8, 4) is 11.7 Å². The zero-order chi connectivity index (χ0) is 33.0. The number of anilines is 1. The SMILES string of the molecule is C[C@@H]1CN(c2nc(-n3ccc(OCCC4(C(F)(F)F)CC4)n3)ccc2C(=O)NS(=O)(=O)c2ccc([Si](C)(C)C)cc2)C(C)(C)C1. The van der Waals surface area contributed by atoms with Crippen molar-refractivity contribution >= 4 is 35.0 Å². The highest BCUT2D eigenvalue weighted by Crippen LogP contribution is 2.59. The molecule has 0 unspecified atom stereocenters. The van der Waals surface area contributed by atoms with Crippen molar-refractivity contribution in [1.29, 1.82) is 0 Å². The first-order valence-corrected chi connectivity index (χ1v) is 20.0. The van der Waals surface area contributed by atoms with Crippen LogP contribution in [0, 0.1) is 11.3 Å². The number of alkyl halides is 3. The van der Waals surface area contributed by atoms with Gasteiger partial charge < -0.3 is 9.64 Å². The van der Waals surface area contributed by atoms with Gasteiger partial charge in [0.2, 0.25) is 5.88 Å². The number of benzene rings is 1. The van der Waals surface area contributed by atoms with Crippen LogP contribution in [0.25, 0.3) is 5.82 Å². The number of pyridine rings is 1. The Bertz CT molecular complexity index is 1680. The molecule has 2 aliphatic rings. The highest BCUT2D eigenvalue weighted by atomic mass is 32.2. The third kappa shape index (κ3) is 6.91. The fourth-order valence-electron chi connectivity index (χ4n) is 5.97. The average Bonchev–Trinajstić information content (AvgIpc) is 3.50. The maximum Gasteiger partial charge on any atom is 0.394 e. The molecule has 1 aromatic carbocycles. The van der Waals surface area contributed by atoms with Gasteiger partial charge in [-0.25, -0.2) is 22.8 Å². The van der Waals surface area contributed by atoms with Gasteiger partial charge in [0.15, 0.2) is 5.82 Å². The third-order valence-electron chi connectivity index (χ3n) is 8.78. The molecule has 1 saturated carbocycles. The average molecular weight is 664 g/mol. The lowest BCUT2D eigenvalue weighted by molar-refractivity contribution is -0.190. The molecule has 0 bridgehead atoms. The number of nitrogens with one attached hydrogen (secondary N) is 1. The number of ether oxygens (including phenoxy) is 1. The smallest absolute Gasteiger partial charge is 0.394 e. The molecule has 1 N–H and O–H groups in total. The number of carbonyl (C=O) groups is 1. The van der Waals surface area contributed by atoms with Crippen LogP contribution in [0.4, 0.5) is 19.0 Å². The van der Waals surface area contributed by atoms with Crippen LogP contribution in [0.15, 0.2) is 53.6 Å². The highest BCUT2D eigenvalue weighted by molar-refractivity contribution is 7.90. The summed E-state index contributed by atoms with van der Waals surface area (Å²) in [6.07, 6.45) is -1.76. The van der Waals surface area contributed by atoms with Crippen LogP contribution in [-0.4, -0.2) is 62.0 Å². The topological polar surface area (TPSA) is 106 Å². The first-order chi connectivity index (χ1) is 20.8. The summed E-state index contributed by atoms with van der Waals surface area (Å²) in [6, 6.07) is 11.2. The quantitative estimate of drug-likeness (QED) is 0.279. The number of rotatable bonds is 10. The first-order valence-electron chi connectivity index (χ1n) is 15.0. The Kier molecular flexibility index (Phi) is 8.39. The molecule has 0 radical (unpaired) electrons. The summed E-state index contributed by atoms with van der Waals surface area (Å²) in [6.45, 7) is 13.1. The van der Waals surface area contributed by atoms with Crippen LogP contribution >= 0.6 is 0 Å². The number of aromatic nitrogens is 3. The van der Waals surface area contributed by atoms with Crippen LogP contribution in [0.2, 0.25) is 19.6 Å². The van der Waals surface area contributed by atoms with E-state index >= 15 is 0 Å². The van der Waals surface area contributed by atoms with E-state index in [-0.39, 0.29) is 47.7 Å². The van der Waals surface area contributed by atoms with Gasteiger partial charge in [0.05, 0.1) is 30.6 Å². The summed E-state index contributed by atoms with van der Waals surface area (Å²) in [4.78, 5) is 20.3. The number of nitrogens with zero attached hydrogens (tertiary/aromatic N) is 4. The Labute approximate surface area is 263 Å². The molecule has 3 aromatic rings. The predicted molar refractivity (Wildman–Crippen MR) is 168 cm³/mol. The molecule has 2 aromatic heterocycles. The van der Waals surface area contributed by atoms with Crippen molar-refractivity contribution in [3.05, 3.63) is 54.2 Å². The van der Waals surface area contributed by atoms with E-state index in [1.165, 1.54) is 28.9 Å². The van der Waals surface area contributed by atoms with E-state index in [4.69, 9.17) is 9.72 Å². The third-order valence-corrected chi connectivity index (χ3v) is 12.2. The van der Waals surface area contributed by atoms with Gasteiger partial charge in [-0.05, 0) is 69.7 Å². The van der Waals surface area contributed by atoms with E-state index in [9.17, 15) is 26.4 Å². The van der Waals surface area contributed by atoms with Gasteiger partial charge in [0, 0.05) is 24.3 Å². The summed E-state index contributed by atoms with van der Waals surface area (Å²) < 4.78 is 75.5. The summed E-state index contributed by atoms with van der Waals surface area (Å²) in [5, 5.41) is 5.44. The van der Waals surface area contributed by atoms with E-state index in [0.717, 1.165) is 11.6 Å². The minimum atomic E-state index is -4.25. The largest absolute Gasteiger partial charge is 0.477 e. The van der Waals surface area contributed by atoms with Gasteiger partial charge in [0.25, 0.3) is 15.9 Å². The molecular formula is C31H40F3N5O4SSi. The number of halogens is 3. The number of hydrogen-bond acceptors (Lipinski definition) is 7. The van der Waals surface area contributed by atoms with Gasteiger partial charge in [-0.2, -0.15) is 13.2 Å². The van der Waals surface area contributed by atoms with E-state index in [2.05, 4.69) is 36.4 Å². The molecule has 0 spiro atoms. The lowest BCUT2D eigenvalue weighted by Crippen LogP contribution is -2.41. The molecule has 1 saturated heterocycles. The number of sulfonamides is 1. The van der Waals surface area contributed by atoms with Crippen LogP contribution in [0.3, 0.4) is 0 Å². The van der Waals surface area contributed by atoms with E-state index in [1.807, 2.05) is 18.7 Å². The zero-order valence-electron chi connectivity index (χ0n) is 26.4. The van der Waals surface area contributed by atoms with Crippen LogP contribution in [0.5, 0.6) is 5.88 Å². The number of carbonyl (C=O) groups excluding carboxylic acids is 1. The number of amides is 1. The predicted octanol–water partition coefficient (Wildman–Crippen LogP) is 5.67. The molecule has 244 valence electrons. The maximum atomic E-state index is 13.6. The highest BCUT2D eigenvalue weighted by Gasteiger charge is 2.62. The van der Waals surface area contributed by atoms with Gasteiger partial charge in [0.1, 0.15) is 5.82 Å². The molecular weight excluding hydrogens is 624 g/mol. The Morgan fingerprint density at radius 1 is 1.09 bits per heavy atom. The second kappa shape index (κ2) is 11.4. The maximum absolute atomic E-state index is 13.6. The lowest BCUT2D eigenvalue weighted by atomic mass is 9.97. The molecule has 1 aliphatic heterocycles. The molecule has 3 heterocycles. The first kappa shape index (κ1) is 33.0. The molecule has 9 nitrogen and oxygen atoms in total. The molecule has 45 heavy (non-hydrogen) atoms. The van der Waals surface area contributed by atoms with Crippen molar-refractivity contribution in [1.82, 2.24) is 19.5 Å². The fraction of sp³-hybridized carbons (Fsp3) is 0.516. The minimum Gasteiger partial charge on any atom is -0.477 e. The van der Waals surface area contributed by atoms with Crippen LogP contribution in [0.1, 0.15) is 56.8 Å². The van der Waals surface area contributed by atoms with Gasteiger partial charge >= 0.3 is 6.18 Å². The van der Waals surface area contributed by atoms with Gasteiger partial charge in [-0.3, -0.25) is 4.79 Å². The summed E-state index contributed by atoms with van der Waals surface area (Å²) >= 11 is 0. The number of hydrogen-bond donors (Lipinski definition) is 1. The molecule has 5 rings (SSSR count). The van der Waals surface area contributed by atoms with E-state index in [0.29, 0.717) is 24.1 Å². The van der Waals surface area contributed by atoms with Gasteiger partial charge in [-0.1, -0.05) is 43.9 Å².